The van der Waals surface area contributed by atoms with Crippen molar-refractivity contribution < 1.29 is 13.9 Å². The zero-order valence-electron chi connectivity index (χ0n) is 16.3. The molecule has 0 bridgehead atoms. The zero-order valence-corrected chi connectivity index (χ0v) is 16.3. The van der Waals surface area contributed by atoms with Crippen molar-refractivity contribution in [1.29, 1.82) is 0 Å². The molecule has 3 heterocycles. The van der Waals surface area contributed by atoms with E-state index in [1.165, 1.54) is 0 Å². The van der Waals surface area contributed by atoms with Gasteiger partial charge in [-0.05, 0) is 42.3 Å². The van der Waals surface area contributed by atoms with E-state index in [9.17, 15) is 4.79 Å². The molecule has 9 nitrogen and oxygen atoms in total. The Kier molecular flexibility index (Phi) is 4.76. The van der Waals surface area contributed by atoms with Crippen molar-refractivity contribution >= 4 is 11.0 Å². The smallest absolute Gasteiger partial charge is 0.193 e. The van der Waals surface area contributed by atoms with E-state index < -0.39 is 0 Å². The zero-order chi connectivity index (χ0) is 19.8. The van der Waals surface area contributed by atoms with Gasteiger partial charge in [-0.2, -0.15) is 0 Å². The van der Waals surface area contributed by atoms with E-state index in [1.807, 2.05) is 17.7 Å². The molecule has 2 aromatic heterocycles. The molecule has 29 heavy (non-hydrogen) atoms. The van der Waals surface area contributed by atoms with Crippen LogP contribution in [0.2, 0.25) is 0 Å². The van der Waals surface area contributed by atoms with Crippen molar-refractivity contribution in [2.24, 2.45) is 0 Å². The van der Waals surface area contributed by atoms with Gasteiger partial charge in [0.1, 0.15) is 23.7 Å². The highest BCUT2D eigenvalue weighted by molar-refractivity contribution is 5.81. The van der Waals surface area contributed by atoms with E-state index in [0.717, 1.165) is 31.5 Å². The van der Waals surface area contributed by atoms with Crippen LogP contribution in [0.15, 0.2) is 27.4 Å². The highest BCUT2D eigenvalue weighted by Gasteiger charge is 2.28. The van der Waals surface area contributed by atoms with Crippen LogP contribution in [0.1, 0.15) is 36.0 Å². The Morgan fingerprint density at radius 3 is 2.86 bits per heavy atom. The summed E-state index contributed by atoms with van der Waals surface area (Å²) in [6.45, 7) is 5.84. The van der Waals surface area contributed by atoms with Crippen LogP contribution < -0.4 is 10.2 Å². The molecule has 2 fully saturated rings. The van der Waals surface area contributed by atoms with Gasteiger partial charge in [0, 0.05) is 24.7 Å². The number of nitrogens with zero attached hydrogens (tertiary/aromatic N) is 5. The summed E-state index contributed by atoms with van der Waals surface area (Å²) >= 11 is 0. The molecule has 0 unspecified atom stereocenters. The van der Waals surface area contributed by atoms with E-state index in [2.05, 4.69) is 20.4 Å². The topological polar surface area (TPSA) is 95.5 Å². The van der Waals surface area contributed by atoms with Gasteiger partial charge in [0.05, 0.1) is 31.2 Å². The SMILES string of the molecule is Cc1c(OCc2nnnn2C2CC2)ccc2c(=O)cc(CN3CCOCC3)oc12. The fourth-order valence-corrected chi connectivity index (χ4v) is 3.65. The highest BCUT2D eigenvalue weighted by atomic mass is 16.5. The minimum absolute atomic E-state index is 0.0400. The molecule has 0 amide bonds. The number of hydrogen-bond donors (Lipinski definition) is 0. The van der Waals surface area contributed by atoms with Crippen molar-refractivity contribution in [2.75, 3.05) is 26.3 Å². The van der Waals surface area contributed by atoms with Crippen LogP contribution in [-0.4, -0.2) is 51.4 Å². The lowest BCUT2D eigenvalue weighted by molar-refractivity contribution is 0.0314. The van der Waals surface area contributed by atoms with E-state index in [4.69, 9.17) is 13.9 Å². The molecule has 0 atom stereocenters. The molecule has 0 radical (unpaired) electrons. The molecule has 2 aliphatic rings. The van der Waals surface area contributed by atoms with Gasteiger partial charge in [0.15, 0.2) is 11.3 Å². The summed E-state index contributed by atoms with van der Waals surface area (Å²) in [5.74, 6) is 2.02. The summed E-state index contributed by atoms with van der Waals surface area (Å²) < 4.78 is 19.3. The maximum atomic E-state index is 12.6. The lowest BCUT2D eigenvalue weighted by Crippen LogP contribution is -2.35. The fourth-order valence-electron chi connectivity index (χ4n) is 3.65. The lowest BCUT2D eigenvalue weighted by atomic mass is 10.1. The third-order valence-corrected chi connectivity index (χ3v) is 5.44. The maximum absolute atomic E-state index is 12.6. The number of hydrogen-bond acceptors (Lipinski definition) is 8. The molecular weight excluding hydrogens is 374 g/mol. The second-order valence-electron chi connectivity index (χ2n) is 7.59. The number of benzene rings is 1. The molecule has 0 N–H and O–H groups in total. The molecule has 1 saturated carbocycles. The molecule has 1 aliphatic heterocycles. The summed E-state index contributed by atoms with van der Waals surface area (Å²) in [6.07, 6.45) is 2.20. The molecule has 152 valence electrons. The normalized spacial score (nSPS) is 17.7. The quantitative estimate of drug-likeness (QED) is 0.622. The van der Waals surface area contributed by atoms with E-state index in [1.54, 1.807) is 12.1 Å². The van der Waals surface area contributed by atoms with Crippen LogP contribution >= 0.6 is 0 Å². The van der Waals surface area contributed by atoms with E-state index in [0.29, 0.717) is 54.1 Å². The third-order valence-electron chi connectivity index (χ3n) is 5.44. The summed E-state index contributed by atoms with van der Waals surface area (Å²) in [7, 11) is 0. The first-order valence-electron chi connectivity index (χ1n) is 9.95. The van der Waals surface area contributed by atoms with E-state index >= 15 is 0 Å². The van der Waals surface area contributed by atoms with Crippen molar-refractivity contribution in [1.82, 2.24) is 25.1 Å². The van der Waals surface area contributed by atoms with Crippen molar-refractivity contribution in [3.63, 3.8) is 0 Å². The molecule has 5 rings (SSSR count). The molecule has 1 saturated heterocycles. The number of rotatable bonds is 6. The molecule has 1 aliphatic carbocycles. The van der Waals surface area contributed by atoms with Crippen molar-refractivity contribution in [3.8, 4) is 5.75 Å². The van der Waals surface area contributed by atoms with Gasteiger partial charge in [-0.3, -0.25) is 9.69 Å². The molecular formula is C20H23N5O4. The van der Waals surface area contributed by atoms with Gasteiger partial charge in [0.2, 0.25) is 0 Å². The monoisotopic (exact) mass is 397 g/mol. The maximum Gasteiger partial charge on any atom is 0.193 e. The fraction of sp³-hybridized carbons (Fsp3) is 0.500. The number of fused-ring (bicyclic) bond motifs is 1. The minimum Gasteiger partial charge on any atom is -0.485 e. The first-order valence-corrected chi connectivity index (χ1v) is 9.95. The predicted molar refractivity (Wildman–Crippen MR) is 104 cm³/mol. The first-order chi connectivity index (χ1) is 14.2. The van der Waals surface area contributed by atoms with Gasteiger partial charge in [-0.25, -0.2) is 4.68 Å². The van der Waals surface area contributed by atoms with Crippen LogP contribution in [0, 0.1) is 6.92 Å². The van der Waals surface area contributed by atoms with Gasteiger partial charge in [-0.1, -0.05) is 0 Å². The van der Waals surface area contributed by atoms with Crippen LogP contribution in [0.3, 0.4) is 0 Å². The van der Waals surface area contributed by atoms with Gasteiger partial charge in [-0.15, -0.1) is 5.10 Å². The Balaban J connectivity index is 1.40. The van der Waals surface area contributed by atoms with E-state index in [-0.39, 0.29) is 12.0 Å². The summed E-state index contributed by atoms with van der Waals surface area (Å²) in [6, 6.07) is 5.54. The first kappa shape index (κ1) is 18.3. The number of aryl methyl sites for hydroxylation is 1. The Morgan fingerprint density at radius 2 is 2.07 bits per heavy atom. The van der Waals surface area contributed by atoms with Crippen molar-refractivity contribution in [2.45, 2.75) is 39.0 Å². The van der Waals surface area contributed by atoms with Crippen LogP contribution in [0.4, 0.5) is 0 Å². The number of morpholine rings is 1. The molecule has 1 aromatic carbocycles. The molecule has 9 heteroatoms. The Morgan fingerprint density at radius 1 is 1.24 bits per heavy atom. The number of aromatic nitrogens is 4. The van der Waals surface area contributed by atoms with Crippen LogP contribution in [0.25, 0.3) is 11.0 Å². The average molecular weight is 397 g/mol. The van der Waals surface area contributed by atoms with Gasteiger partial charge in [0.25, 0.3) is 0 Å². The predicted octanol–water partition coefficient (Wildman–Crippen LogP) is 1.83. The van der Waals surface area contributed by atoms with Gasteiger partial charge >= 0.3 is 0 Å². The third kappa shape index (κ3) is 3.75. The summed E-state index contributed by atoms with van der Waals surface area (Å²) in [5.41, 5.74) is 1.33. The summed E-state index contributed by atoms with van der Waals surface area (Å²) in [5, 5.41) is 12.4. The lowest BCUT2D eigenvalue weighted by Gasteiger charge is -2.25. The summed E-state index contributed by atoms with van der Waals surface area (Å²) in [4.78, 5) is 14.8. The molecule has 3 aromatic rings. The Hall–Kier alpha value is -2.78. The Bertz CT molecular complexity index is 1080. The average Bonchev–Trinajstić information content (AvgIpc) is 3.46. The van der Waals surface area contributed by atoms with Crippen LogP contribution in [-0.2, 0) is 17.9 Å². The largest absolute Gasteiger partial charge is 0.485 e. The number of tetrazole rings is 1. The highest BCUT2D eigenvalue weighted by Crippen LogP contribution is 2.34. The van der Waals surface area contributed by atoms with Crippen LogP contribution in [0.5, 0.6) is 5.75 Å². The molecule has 0 spiro atoms. The second-order valence-corrected chi connectivity index (χ2v) is 7.59. The standard InChI is InChI=1S/C20H23N5O4/c1-13-18(28-12-19-21-22-23-25(19)14-2-3-14)5-4-16-17(26)10-15(29-20(13)16)11-24-6-8-27-9-7-24/h4-5,10,14H,2-3,6-9,11-12H2,1H3. The minimum atomic E-state index is -0.0400. The Labute approximate surface area is 167 Å². The second kappa shape index (κ2) is 7.57. The number of ether oxygens (including phenoxy) is 2. The van der Waals surface area contributed by atoms with Gasteiger partial charge < -0.3 is 13.9 Å². The van der Waals surface area contributed by atoms with Crippen molar-refractivity contribution in [3.05, 3.63) is 45.6 Å².